The molecule has 4 heterocycles. The number of thiophene rings is 1. The second kappa shape index (κ2) is 9.09. The minimum absolute atomic E-state index is 0.102. The lowest BCUT2D eigenvalue weighted by Crippen LogP contribution is -2.09. The van der Waals surface area contributed by atoms with Gasteiger partial charge in [-0.05, 0) is 30.5 Å². The van der Waals surface area contributed by atoms with Crippen LogP contribution < -0.4 is 5.56 Å². The van der Waals surface area contributed by atoms with Crippen molar-refractivity contribution < 1.29 is 0 Å². The Bertz CT molecular complexity index is 1720. The highest BCUT2D eigenvalue weighted by Crippen LogP contribution is 2.33. The van der Waals surface area contributed by atoms with Gasteiger partial charge in [-0.15, -0.1) is 21.5 Å². The first kappa shape index (κ1) is 21.7. The van der Waals surface area contributed by atoms with Crippen molar-refractivity contribution in [3.05, 3.63) is 88.3 Å². The predicted octanol–water partition coefficient (Wildman–Crippen LogP) is 5.77. The molecule has 0 saturated carbocycles. The lowest BCUT2D eigenvalue weighted by molar-refractivity contribution is 0.687. The molecule has 9 heteroatoms. The van der Waals surface area contributed by atoms with Crippen molar-refractivity contribution in [1.29, 1.82) is 0 Å². The van der Waals surface area contributed by atoms with E-state index in [-0.39, 0.29) is 5.56 Å². The molecule has 0 unspecified atom stereocenters. The highest BCUT2D eigenvalue weighted by atomic mass is 32.2. The fraction of sp³-hybridized carbons (Fsp3) is 0.115. The maximum atomic E-state index is 12.3. The first-order chi connectivity index (χ1) is 17.2. The molecule has 0 saturated heterocycles. The fourth-order valence-corrected chi connectivity index (χ4v) is 5.72. The normalized spacial score (nSPS) is 11.5. The molecule has 7 nitrogen and oxygen atoms in total. The van der Waals surface area contributed by atoms with Crippen molar-refractivity contribution >= 4 is 44.2 Å². The fourth-order valence-electron chi connectivity index (χ4n) is 4.12. The molecule has 172 valence electrons. The number of nitrogens with one attached hydrogen (secondary N) is 1. The quantitative estimate of drug-likeness (QED) is 0.295. The Morgan fingerprint density at radius 2 is 1.80 bits per heavy atom. The van der Waals surface area contributed by atoms with Crippen LogP contribution in [0.15, 0.2) is 82.1 Å². The van der Waals surface area contributed by atoms with Gasteiger partial charge in [-0.1, -0.05) is 60.3 Å². The second-order valence-electron chi connectivity index (χ2n) is 7.92. The van der Waals surface area contributed by atoms with Crippen LogP contribution in [0.1, 0.15) is 12.7 Å². The van der Waals surface area contributed by atoms with E-state index in [0.717, 1.165) is 44.2 Å². The first-order valence-electron chi connectivity index (χ1n) is 11.2. The predicted molar refractivity (Wildman–Crippen MR) is 142 cm³/mol. The van der Waals surface area contributed by atoms with Crippen molar-refractivity contribution in [3.8, 4) is 22.6 Å². The van der Waals surface area contributed by atoms with Crippen molar-refractivity contribution in [3.63, 3.8) is 0 Å². The van der Waals surface area contributed by atoms with Gasteiger partial charge in [0, 0.05) is 23.1 Å². The SMILES string of the molecule is CCn1c(SCc2nc3ccsc3c(=O)[nH]2)nnc1-c1cc(-c2ccccc2)nc2ccccc12. The smallest absolute Gasteiger partial charge is 0.268 e. The zero-order chi connectivity index (χ0) is 23.8. The molecule has 0 aliphatic heterocycles. The molecule has 0 radical (unpaired) electrons. The third kappa shape index (κ3) is 4.02. The number of hydrogen-bond acceptors (Lipinski definition) is 7. The summed E-state index contributed by atoms with van der Waals surface area (Å²) in [7, 11) is 0. The average Bonchev–Trinajstić information content (AvgIpc) is 3.54. The van der Waals surface area contributed by atoms with E-state index in [1.807, 2.05) is 47.8 Å². The van der Waals surface area contributed by atoms with Gasteiger partial charge < -0.3 is 9.55 Å². The minimum Gasteiger partial charge on any atom is -0.309 e. The van der Waals surface area contributed by atoms with Crippen LogP contribution in [0.2, 0.25) is 0 Å². The van der Waals surface area contributed by atoms with Crippen molar-refractivity contribution in [1.82, 2.24) is 29.7 Å². The topological polar surface area (TPSA) is 89.4 Å². The van der Waals surface area contributed by atoms with Crippen LogP contribution in [0, 0.1) is 0 Å². The van der Waals surface area contributed by atoms with E-state index in [1.165, 1.54) is 23.1 Å². The van der Waals surface area contributed by atoms with Gasteiger partial charge in [0.05, 0.1) is 22.5 Å². The van der Waals surface area contributed by atoms with Crippen LogP contribution in [0.3, 0.4) is 0 Å². The van der Waals surface area contributed by atoms with E-state index in [9.17, 15) is 4.79 Å². The van der Waals surface area contributed by atoms with Crippen LogP contribution in [0.5, 0.6) is 0 Å². The van der Waals surface area contributed by atoms with Gasteiger partial charge >= 0.3 is 0 Å². The monoisotopic (exact) mass is 496 g/mol. The van der Waals surface area contributed by atoms with Crippen molar-refractivity contribution in [2.24, 2.45) is 0 Å². The number of pyridine rings is 1. The Balaban J connectivity index is 1.40. The standard InChI is InChI=1S/C26H20N6OS2/c1-2-32-24(30-31-26(32)35-15-22-28-20-12-13-34-23(20)25(33)29-22)18-14-21(16-8-4-3-5-9-16)27-19-11-7-6-10-17(18)19/h3-14H,2,15H2,1H3,(H,28,29,33). The highest BCUT2D eigenvalue weighted by Gasteiger charge is 2.18. The Hall–Kier alpha value is -3.82. The molecular weight excluding hydrogens is 476 g/mol. The maximum absolute atomic E-state index is 12.3. The molecule has 35 heavy (non-hydrogen) atoms. The molecule has 6 rings (SSSR count). The summed E-state index contributed by atoms with van der Waals surface area (Å²) in [4.78, 5) is 24.7. The summed E-state index contributed by atoms with van der Waals surface area (Å²) in [6, 6.07) is 22.2. The molecule has 0 atom stereocenters. The first-order valence-corrected chi connectivity index (χ1v) is 13.1. The number of aromatic amines is 1. The lowest BCUT2D eigenvalue weighted by atomic mass is 10.0. The van der Waals surface area contributed by atoms with E-state index in [0.29, 0.717) is 22.8 Å². The van der Waals surface area contributed by atoms with Crippen LogP contribution in [-0.4, -0.2) is 29.7 Å². The maximum Gasteiger partial charge on any atom is 0.268 e. The van der Waals surface area contributed by atoms with Gasteiger partial charge in [0.2, 0.25) is 0 Å². The summed E-state index contributed by atoms with van der Waals surface area (Å²) in [6.45, 7) is 2.78. The third-order valence-corrected chi connectivity index (χ3v) is 7.64. The molecule has 0 bridgehead atoms. The van der Waals surface area contributed by atoms with Gasteiger partial charge in [0.1, 0.15) is 10.5 Å². The number of nitrogens with zero attached hydrogens (tertiary/aromatic N) is 5. The summed E-state index contributed by atoms with van der Waals surface area (Å²) >= 11 is 2.91. The third-order valence-electron chi connectivity index (χ3n) is 5.76. The second-order valence-corrected chi connectivity index (χ2v) is 9.78. The molecule has 2 aromatic carbocycles. The van der Waals surface area contributed by atoms with E-state index in [1.54, 1.807) is 0 Å². The molecule has 0 aliphatic carbocycles. The highest BCUT2D eigenvalue weighted by molar-refractivity contribution is 7.98. The van der Waals surface area contributed by atoms with Crippen LogP contribution in [0.25, 0.3) is 43.8 Å². The zero-order valence-electron chi connectivity index (χ0n) is 18.8. The average molecular weight is 497 g/mol. The Morgan fingerprint density at radius 1 is 0.971 bits per heavy atom. The summed E-state index contributed by atoms with van der Waals surface area (Å²) in [5, 5.41) is 12.8. The van der Waals surface area contributed by atoms with E-state index in [4.69, 9.17) is 4.98 Å². The van der Waals surface area contributed by atoms with Gasteiger partial charge in [0.25, 0.3) is 5.56 Å². The molecule has 0 amide bonds. The molecule has 1 N–H and O–H groups in total. The number of H-pyrrole nitrogens is 1. The van der Waals surface area contributed by atoms with Crippen LogP contribution in [-0.2, 0) is 12.3 Å². The molecule has 0 fully saturated rings. The zero-order valence-corrected chi connectivity index (χ0v) is 20.4. The molecular formula is C26H20N6OS2. The Morgan fingerprint density at radius 3 is 2.66 bits per heavy atom. The van der Waals surface area contributed by atoms with E-state index < -0.39 is 0 Å². The number of thioether (sulfide) groups is 1. The Kier molecular flexibility index (Phi) is 5.63. The summed E-state index contributed by atoms with van der Waals surface area (Å²) < 4.78 is 2.75. The Labute approximate surface area is 208 Å². The summed E-state index contributed by atoms with van der Waals surface area (Å²) in [5.74, 6) is 1.91. The number of benzene rings is 2. The van der Waals surface area contributed by atoms with Gasteiger partial charge in [0.15, 0.2) is 11.0 Å². The number of fused-ring (bicyclic) bond motifs is 2. The van der Waals surface area contributed by atoms with Gasteiger partial charge in [-0.25, -0.2) is 9.97 Å². The minimum atomic E-state index is -0.102. The molecule has 0 spiro atoms. The number of para-hydroxylation sites is 1. The van der Waals surface area contributed by atoms with Crippen LogP contribution >= 0.6 is 23.1 Å². The molecule has 6 aromatic rings. The van der Waals surface area contributed by atoms with E-state index in [2.05, 4.69) is 55.9 Å². The summed E-state index contributed by atoms with van der Waals surface area (Å²) in [6.07, 6.45) is 0. The molecule has 0 aliphatic rings. The lowest BCUT2D eigenvalue weighted by Gasteiger charge is -2.11. The van der Waals surface area contributed by atoms with E-state index >= 15 is 0 Å². The number of aromatic nitrogens is 6. The number of hydrogen-bond donors (Lipinski definition) is 1. The number of rotatable bonds is 6. The van der Waals surface area contributed by atoms with Crippen molar-refractivity contribution in [2.45, 2.75) is 24.4 Å². The summed E-state index contributed by atoms with van der Waals surface area (Å²) in [5.41, 5.74) is 4.47. The van der Waals surface area contributed by atoms with Crippen LogP contribution in [0.4, 0.5) is 0 Å². The largest absolute Gasteiger partial charge is 0.309 e. The van der Waals surface area contributed by atoms with Gasteiger partial charge in [-0.2, -0.15) is 0 Å². The van der Waals surface area contributed by atoms with Gasteiger partial charge in [-0.3, -0.25) is 4.79 Å². The van der Waals surface area contributed by atoms with Crippen molar-refractivity contribution in [2.75, 3.05) is 0 Å². The molecule has 4 aromatic heterocycles.